The van der Waals surface area contributed by atoms with E-state index in [0.29, 0.717) is 25.3 Å². The molecule has 1 heterocycles. The van der Waals surface area contributed by atoms with E-state index in [4.69, 9.17) is 4.74 Å². The summed E-state index contributed by atoms with van der Waals surface area (Å²) >= 11 is 0. The second-order valence-corrected chi connectivity index (χ2v) is 7.52. The average molecular weight is 326 g/mol. The molecule has 1 aliphatic rings. The fourth-order valence-corrected chi connectivity index (χ4v) is 3.98. The molecule has 0 aromatic heterocycles. The summed E-state index contributed by atoms with van der Waals surface area (Å²) in [6.07, 6.45) is 0. The Labute approximate surface area is 131 Å². The van der Waals surface area contributed by atoms with Crippen LogP contribution in [-0.2, 0) is 14.8 Å². The molecule has 1 N–H and O–H groups in total. The normalized spacial score (nSPS) is 19.8. The van der Waals surface area contributed by atoms with Crippen LogP contribution in [0.2, 0.25) is 0 Å². The smallest absolute Gasteiger partial charge is 0.251 e. The van der Waals surface area contributed by atoms with Gasteiger partial charge in [0.15, 0.2) is 0 Å². The first-order valence-corrected chi connectivity index (χ1v) is 8.93. The number of ether oxygens (including phenoxy) is 1. The number of hydrogen-bond donors (Lipinski definition) is 1. The fraction of sp³-hybridized carbons (Fsp3) is 0.533. The van der Waals surface area contributed by atoms with Gasteiger partial charge in [0.1, 0.15) is 0 Å². The SMILES string of the molecule is Cc1cccc(C(=O)NCCS(=O)(=O)N2CCOCC2C)c1. The van der Waals surface area contributed by atoms with Crippen molar-refractivity contribution in [2.75, 3.05) is 32.1 Å². The van der Waals surface area contributed by atoms with Crippen molar-refractivity contribution in [2.45, 2.75) is 19.9 Å². The van der Waals surface area contributed by atoms with Crippen molar-refractivity contribution in [3.8, 4) is 0 Å². The Morgan fingerprint density at radius 1 is 1.45 bits per heavy atom. The first-order valence-electron chi connectivity index (χ1n) is 7.32. The number of carbonyl (C=O) groups excluding carboxylic acids is 1. The van der Waals surface area contributed by atoms with Crippen molar-refractivity contribution in [3.63, 3.8) is 0 Å². The lowest BCUT2D eigenvalue weighted by Gasteiger charge is -2.32. The van der Waals surface area contributed by atoms with Crippen LogP contribution in [0.25, 0.3) is 0 Å². The van der Waals surface area contributed by atoms with Crippen LogP contribution < -0.4 is 5.32 Å². The topological polar surface area (TPSA) is 75.7 Å². The number of nitrogens with zero attached hydrogens (tertiary/aromatic N) is 1. The van der Waals surface area contributed by atoms with Gasteiger partial charge in [-0.25, -0.2) is 8.42 Å². The first-order chi connectivity index (χ1) is 10.4. The van der Waals surface area contributed by atoms with Gasteiger partial charge in [0.05, 0.1) is 19.0 Å². The minimum absolute atomic E-state index is 0.0964. The van der Waals surface area contributed by atoms with Crippen molar-refractivity contribution in [1.29, 1.82) is 0 Å². The van der Waals surface area contributed by atoms with Crippen LogP contribution in [0.15, 0.2) is 24.3 Å². The Kier molecular flexibility index (Phi) is 5.55. The summed E-state index contributed by atoms with van der Waals surface area (Å²) in [6.45, 7) is 5.02. The molecule has 6 nitrogen and oxygen atoms in total. The number of rotatable bonds is 5. The lowest BCUT2D eigenvalue weighted by atomic mass is 10.1. The third kappa shape index (κ3) is 4.28. The van der Waals surface area contributed by atoms with E-state index in [1.165, 1.54) is 4.31 Å². The van der Waals surface area contributed by atoms with E-state index in [1.54, 1.807) is 18.2 Å². The number of aryl methyl sites for hydroxylation is 1. The second-order valence-electron chi connectivity index (χ2n) is 5.48. The van der Waals surface area contributed by atoms with Gasteiger partial charge in [-0.1, -0.05) is 17.7 Å². The molecule has 2 rings (SSSR count). The van der Waals surface area contributed by atoms with E-state index in [9.17, 15) is 13.2 Å². The lowest BCUT2D eigenvalue weighted by Crippen LogP contribution is -2.49. The molecule has 0 saturated carbocycles. The summed E-state index contributed by atoms with van der Waals surface area (Å²) in [5.41, 5.74) is 1.53. The maximum absolute atomic E-state index is 12.3. The maximum atomic E-state index is 12.3. The predicted molar refractivity (Wildman–Crippen MR) is 84.3 cm³/mol. The largest absolute Gasteiger partial charge is 0.378 e. The molecule has 0 spiro atoms. The fourth-order valence-electron chi connectivity index (χ4n) is 2.42. The molecular weight excluding hydrogens is 304 g/mol. The van der Waals surface area contributed by atoms with Crippen LogP contribution in [-0.4, -0.2) is 56.7 Å². The van der Waals surface area contributed by atoms with E-state index < -0.39 is 10.0 Å². The first kappa shape index (κ1) is 16.9. The standard InChI is InChI=1S/C15H22N2O4S/c1-12-4-3-5-14(10-12)15(18)16-6-9-22(19,20)17-7-8-21-11-13(17)2/h3-5,10,13H,6-9,11H2,1-2H3,(H,16,18). The highest BCUT2D eigenvalue weighted by Gasteiger charge is 2.29. The van der Waals surface area contributed by atoms with Crippen molar-refractivity contribution in [3.05, 3.63) is 35.4 Å². The third-order valence-corrected chi connectivity index (χ3v) is 5.57. The Morgan fingerprint density at radius 2 is 2.23 bits per heavy atom. The summed E-state index contributed by atoms with van der Waals surface area (Å²) in [5, 5.41) is 2.66. The summed E-state index contributed by atoms with van der Waals surface area (Å²) in [5.74, 6) is -0.358. The van der Waals surface area contributed by atoms with Gasteiger partial charge in [0.2, 0.25) is 10.0 Å². The molecule has 1 unspecified atom stereocenters. The number of amides is 1. The number of morpholine rings is 1. The van der Waals surface area contributed by atoms with E-state index >= 15 is 0 Å². The lowest BCUT2D eigenvalue weighted by molar-refractivity contribution is 0.0393. The highest BCUT2D eigenvalue weighted by Crippen LogP contribution is 2.12. The molecule has 122 valence electrons. The maximum Gasteiger partial charge on any atom is 0.251 e. The minimum atomic E-state index is -3.38. The van der Waals surface area contributed by atoms with Gasteiger partial charge in [-0.3, -0.25) is 4.79 Å². The van der Waals surface area contributed by atoms with Gasteiger partial charge < -0.3 is 10.1 Å². The molecule has 1 aromatic rings. The molecule has 22 heavy (non-hydrogen) atoms. The molecule has 1 saturated heterocycles. The molecule has 1 aromatic carbocycles. The van der Waals surface area contributed by atoms with Gasteiger partial charge in [-0.2, -0.15) is 4.31 Å². The average Bonchev–Trinajstić information content (AvgIpc) is 2.47. The Hall–Kier alpha value is -1.44. The van der Waals surface area contributed by atoms with Crippen molar-refractivity contribution < 1.29 is 17.9 Å². The van der Waals surface area contributed by atoms with Gasteiger partial charge >= 0.3 is 0 Å². The number of sulfonamides is 1. The minimum Gasteiger partial charge on any atom is -0.378 e. The Bertz CT molecular complexity index is 630. The quantitative estimate of drug-likeness (QED) is 0.867. The van der Waals surface area contributed by atoms with Crippen LogP contribution in [0.5, 0.6) is 0 Å². The third-order valence-electron chi connectivity index (χ3n) is 3.59. The number of carbonyl (C=O) groups is 1. The van der Waals surface area contributed by atoms with Gasteiger partial charge in [-0.15, -0.1) is 0 Å². The molecule has 7 heteroatoms. The predicted octanol–water partition coefficient (Wildman–Crippen LogP) is 0.775. The van der Waals surface area contributed by atoms with Crippen LogP contribution in [0, 0.1) is 6.92 Å². The van der Waals surface area contributed by atoms with Crippen molar-refractivity contribution >= 4 is 15.9 Å². The number of benzene rings is 1. The van der Waals surface area contributed by atoms with Crippen LogP contribution in [0.4, 0.5) is 0 Å². The summed E-state index contributed by atoms with van der Waals surface area (Å²) in [7, 11) is -3.38. The van der Waals surface area contributed by atoms with E-state index in [0.717, 1.165) is 5.56 Å². The zero-order valence-electron chi connectivity index (χ0n) is 12.9. The van der Waals surface area contributed by atoms with Gasteiger partial charge in [0.25, 0.3) is 5.91 Å². The van der Waals surface area contributed by atoms with Crippen molar-refractivity contribution in [2.24, 2.45) is 0 Å². The zero-order valence-corrected chi connectivity index (χ0v) is 13.7. The summed E-state index contributed by atoms with van der Waals surface area (Å²) in [4.78, 5) is 12.0. The van der Waals surface area contributed by atoms with Crippen molar-refractivity contribution in [1.82, 2.24) is 9.62 Å². The molecule has 0 radical (unpaired) electrons. The summed E-state index contributed by atoms with van der Waals surface area (Å²) in [6, 6.07) is 7.03. The van der Waals surface area contributed by atoms with Gasteiger partial charge in [-0.05, 0) is 26.0 Å². The molecule has 1 atom stereocenters. The van der Waals surface area contributed by atoms with E-state index in [-0.39, 0.29) is 24.2 Å². The molecule has 0 bridgehead atoms. The molecular formula is C15H22N2O4S. The molecule has 1 aliphatic heterocycles. The molecule has 0 aliphatic carbocycles. The Balaban J connectivity index is 1.88. The highest BCUT2D eigenvalue weighted by atomic mass is 32.2. The van der Waals surface area contributed by atoms with Crippen LogP contribution in [0.3, 0.4) is 0 Å². The van der Waals surface area contributed by atoms with Gasteiger partial charge in [0, 0.05) is 24.7 Å². The molecule has 1 fully saturated rings. The zero-order chi connectivity index (χ0) is 16.2. The monoisotopic (exact) mass is 326 g/mol. The number of nitrogens with one attached hydrogen (secondary N) is 1. The van der Waals surface area contributed by atoms with E-state index in [1.807, 2.05) is 19.9 Å². The summed E-state index contributed by atoms with van der Waals surface area (Å²) < 4.78 is 31.3. The van der Waals surface area contributed by atoms with Crippen LogP contribution in [0.1, 0.15) is 22.8 Å². The van der Waals surface area contributed by atoms with Crippen LogP contribution >= 0.6 is 0 Å². The molecule has 1 amide bonds. The van der Waals surface area contributed by atoms with E-state index in [2.05, 4.69) is 5.32 Å². The Morgan fingerprint density at radius 3 is 2.91 bits per heavy atom. The second kappa shape index (κ2) is 7.21. The highest BCUT2D eigenvalue weighted by molar-refractivity contribution is 7.89. The number of hydrogen-bond acceptors (Lipinski definition) is 4.